The highest BCUT2D eigenvalue weighted by Crippen LogP contribution is 2.28. The normalized spacial score (nSPS) is 11.0. The zero-order chi connectivity index (χ0) is 12.7. The van der Waals surface area contributed by atoms with Crippen LogP contribution in [0.3, 0.4) is 0 Å². The van der Waals surface area contributed by atoms with E-state index in [1.807, 2.05) is 0 Å². The quantitative estimate of drug-likeness (QED) is 0.677. The molecule has 0 fully saturated rings. The summed E-state index contributed by atoms with van der Waals surface area (Å²) in [5.74, 6) is -0.237. The van der Waals surface area contributed by atoms with E-state index in [1.54, 1.807) is 18.2 Å². The van der Waals surface area contributed by atoms with Gasteiger partial charge in [0, 0.05) is 10.7 Å². The number of hydrogen-bond acceptors (Lipinski definition) is 3. The first-order valence-corrected chi connectivity index (χ1v) is 5.63. The van der Waals surface area contributed by atoms with Gasteiger partial charge in [-0.2, -0.15) is 0 Å². The molecular formula is C13H8ClFN2O. The van der Waals surface area contributed by atoms with E-state index in [0.29, 0.717) is 21.8 Å². The second-order valence-electron chi connectivity index (χ2n) is 3.87. The third kappa shape index (κ3) is 1.80. The highest BCUT2D eigenvalue weighted by molar-refractivity contribution is 6.31. The third-order valence-electron chi connectivity index (χ3n) is 2.57. The van der Waals surface area contributed by atoms with Crippen LogP contribution in [0.5, 0.6) is 0 Å². The van der Waals surface area contributed by atoms with Gasteiger partial charge in [-0.25, -0.2) is 9.37 Å². The van der Waals surface area contributed by atoms with E-state index in [0.717, 1.165) is 0 Å². The molecule has 0 atom stereocenters. The predicted octanol–water partition coefficient (Wildman–Crippen LogP) is 3.87. The number of halogens is 2. The van der Waals surface area contributed by atoms with Crippen LogP contribution in [0.4, 0.5) is 10.1 Å². The van der Waals surface area contributed by atoms with Crippen LogP contribution in [0.15, 0.2) is 40.8 Å². The smallest absolute Gasteiger partial charge is 0.230 e. The lowest BCUT2D eigenvalue weighted by Gasteiger charge is -1.99. The Morgan fingerprint density at radius 2 is 2.00 bits per heavy atom. The summed E-state index contributed by atoms with van der Waals surface area (Å²) in [4.78, 5) is 4.20. The van der Waals surface area contributed by atoms with Crippen LogP contribution in [0, 0.1) is 5.82 Å². The molecule has 1 heterocycles. The molecule has 90 valence electrons. The molecule has 3 rings (SSSR count). The third-order valence-corrected chi connectivity index (χ3v) is 2.81. The van der Waals surface area contributed by atoms with Crippen molar-refractivity contribution in [1.29, 1.82) is 0 Å². The Balaban J connectivity index is 2.22. The molecule has 3 nitrogen and oxygen atoms in total. The molecule has 0 unspecified atom stereocenters. The van der Waals surface area contributed by atoms with Gasteiger partial charge in [0.05, 0.1) is 5.56 Å². The van der Waals surface area contributed by atoms with Gasteiger partial charge in [0.1, 0.15) is 11.3 Å². The Labute approximate surface area is 107 Å². The Bertz CT molecular complexity index is 739. The lowest BCUT2D eigenvalue weighted by molar-refractivity contribution is 0.594. The fraction of sp³-hybridized carbons (Fsp3) is 0. The average molecular weight is 263 g/mol. The van der Waals surface area contributed by atoms with E-state index in [1.165, 1.54) is 18.2 Å². The SMILES string of the molecule is Nc1ccc(F)c(-c2nc3cc(Cl)ccc3o2)c1. The number of nitrogens with zero attached hydrogens (tertiary/aromatic N) is 1. The molecule has 1 aromatic heterocycles. The van der Waals surface area contributed by atoms with Crippen molar-refractivity contribution in [2.45, 2.75) is 0 Å². The van der Waals surface area contributed by atoms with E-state index >= 15 is 0 Å². The molecule has 0 aliphatic rings. The van der Waals surface area contributed by atoms with Gasteiger partial charge in [-0.05, 0) is 36.4 Å². The first kappa shape index (κ1) is 11.0. The van der Waals surface area contributed by atoms with E-state index in [-0.39, 0.29) is 11.5 Å². The van der Waals surface area contributed by atoms with Crippen LogP contribution >= 0.6 is 11.6 Å². The predicted molar refractivity (Wildman–Crippen MR) is 68.8 cm³/mol. The van der Waals surface area contributed by atoms with Gasteiger partial charge in [-0.1, -0.05) is 11.6 Å². The summed E-state index contributed by atoms with van der Waals surface area (Å²) in [6.45, 7) is 0. The van der Waals surface area contributed by atoms with Gasteiger partial charge in [0.25, 0.3) is 0 Å². The summed E-state index contributed by atoms with van der Waals surface area (Å²) >= 11 is 5.85. The zero-order valence-electron chi connectivity index (χ0n) is 9.15. The van der Waals surface area contributed by atoms with Crippen LogP contribution in [-0.4, -0.2) is 4.98 Å². The van der Waals surface area contributed by atoms with Crippen molar-refractivity contribution in [3.8, 4) is 11.5 Å². The standard InChI is InChI=1S/C13H8ClFN2O/c14-7-1-4-12-11(5-7)17-13(18-12)9-6-8(16)2-3-10(9)15/h1-6H,16H2. The molecule has 0 aliphatic carbocycles. The fourth-order valence-corrected chi connectivity index (χ4v) is 1.89. The van der Waals surface area contributed by atoms with Crippen molar-refractivity contribution in [2.75, 3.05) is 5.73 Å². The average Bonchev–Trinajstić information content (AvgIpc) is 2.74. The lowest BCUT2D eigenvalue weighted by Crippen LogP contribution is -1.89. The first-order valence-electron chi connectivity index (χ1n) is 5.25. The van der Waals surface area contributed by atoms with Crippen LogP contribution in [0.1, 0.15) is 0 Å². The van der Waals surface area contributed by atoms with Crippen LogP contribution in [0.2, 0.25) is 5.02 Å². The highest BCUT2D eigenvalue weighted by atomic mass is 35.5. The maximum Gasteiger partial charge on any atom is 0.230 e. The van der Waals surface area contributed by atoms with Crippen molar-refractivity contribution in [3.05, 3.63) is 47.2 Å². The van der Waals surface area contributed by atoms with Gasteiger partial charge in [0.15, 0.2) is 5.58 Å². The lowest BCUT2D eigenvalue weighted by atomic mass is 10.2. The molecule has 5 heteroatoms. The minimum Gasteiger partial charge on any atom is -0.436 e. The molecule has 3 aromatic rings. The minimum atomic E-state index is -0.429. The molecule has 18 heavy (non-hydrogen) atoms. The number of benzene rings is 2. The van der Waals surface area contributed by atoms with E-state index in [9.17, 15) is 4.39 Å². The van der Waals surface area contributed by atoms with Crippen LogP contribution in [0.25, 0.3) is 22.6 Å². The monoisotopic (exact) mass is 262 g/mol. The first-order chi connectivity index (χ1) is 8.63. The minimum absolute atomic E-state index is 0.192. The Morgan fingerprint density at radius 1 is 1.17 bits per heavy atom. The molecule has 0 saturated heterocycles. The Morgan fingerprint density at radius 3 is 2.83 bits per heavy atom. The number of oxazole rings is 1. The van der Waals surface area contributed by atoms with Crippen LogP contribution in [-0.2, 0) is 0 Å². The summed E-state index contributed by atoms with van der Waals surface area (Å²) < 4.78 is 19.2. The number of nitrogen functional groups attached to an aromatic ring is 1. The Hall–Kier alpha value is -2.07. The summed E-state index contributed by atoms with van der Waals surface area (Å²) in [5, 5.41) is 0.551. The van der Waals surface area contributed by atoms with E-state index in [2.05, 4.69) is 4.98 Å². The highest BCUT2D eigenvalue weighted by Gasteiger charge is 2.13. The maximum atomic E-state index is 13.7. The van der Waals surface area contributed by atoms with Gasteiger partial charge in [-0.3, -0.25) is 0 Å². The van der Waals surface area contributed by atoms with E-state index in [4.69, 9.17) is 21.8 Å². The van der Waals surface area contributed by atoms with Gasteiger partial charge < -0.3 is 10.2 Å². The Kier molecular flexibility index (Phi) is 2.45. The largest absolute Gasteiger partial charge is 0.436 e. The second kappa shape index (κ2) is 3.99. The number of rotatable bonds is 1. The van der Waals surface area contributed by atoms with Crippen molar-refractivity contribution in [2.24, 2.45) is 0 Å². The molecule has 0 saturated carbocycles. The fourth-order valence-electron chi connectivity index (χ4n) is 1.72. The summed E-state index contributed by atoms with van der Waals surface area (Å²) in [6.07, 6.45) is 0. The van der Waals surface area contributed by atoms with Crippen LogP contribution < -0.4 is 5.73 Å². The van der Waals surface area contributed by atoms with Crippen molar-refractivity contribution >= 4 is 28.4 Å². The van der Waals surface area contributed by atoms with Gasteiger partial charge in [0.2, 0.25) is 5.89 Å². The zero-order valence-corrected chi connectivity index (χ0v) is 9.91. The van der Waals surface area contributed by atoms with Crippen molar-refractivity contribution < 1.29 is 8.81 Å². The second-order valence-corrected chi connectivity index (χ2v) is 4.31. The molecule has 2 aromatic carbocycles. The summed E-state index contributed by atoms with van der Waals surface area (Å²) in [5.41, 5.74) is 7.45. The molecule has 2 N–H and O–H groups in total. The topological polar surface area (TPSA) is 52.0 Å². The maximum absolute atomic E-state index is 13.7. The van der Waals surface area contributed by atoms with Gasteiger partial charge in [-0.15, -0.1) is 0 Å². The number of anilines is 1. The number of nitrogens with two attached hydrogens (primary N) is 1. The molecule has 0 amide bonds. The van der Waals surface area contributed by atoms with Crippen molar-refractivity contribution in [1.82, 2.24) is 4.98 Å². The molecule has 0 radical (unpaired) electrons. The molecule has 0 spiro atoms. The van der Waals surface area contributed by atoms with Crippen molar-refractivity contribution in [3.63, 3.8) is 0 Å². The molecule has 0 bridgehead atoms. The molecule has 0 aliphatic heterocycles. The number of fused-ring (bicyclic) bond motifs is 1. The summed E-state index contributed by atoms with van der Waals surface area (Å²) in [7, 11) is 0. The van der Waals surface area contributed by atoms with E-state index < -0.39 is 5.82 Å². The number of aromatic nitrogens is 1. The number of hydrogen-bond donors (Lipinski definition) is 1. The van der Waals surface area contributed by atoms with Gasteiger partial charge >= 0.3 is 0 Å². The molecular weight excluding hydrogens is 255 g/mol. The summed E-state index contributed by atoms with van der Waals surface area (Å²) in [6, 6.07) is 9.30.